The minimum atomic E-state index is -1.39. The lowest BCUT2D eigenvalue weighted by Crippen LogP contribution is -2.65. The zero-order valence-electron chi connectivity index (χ0n) is 21.0. The van der Waals surface area contributed by atoms with Crippen molar-refractivity contribution in [3.8, 4) is 5.75 Å². The number of thioether (sulfide) groups is 1. The fraction of sp³-hybridized carbons (Fsp3) is 0.760. The number of rotatable bonds is 11. The number of nitrogens with one attached hydrogen (secondary N) is 2. The summed E-state index contributed by atoms with van der Waals surface area (Å²) >= 11 is 7.62. The van der Waals surface area contributed by atoms with E-state index in [0.29, 0.717) is 18.9 Å². The van der Waals surface area contributed by atoms with Gasteiger partial charge in [0.2, 0.25) is 5.91 Å². The molecule has 9 atom stereocenters. The molecule has 9 nitrogen and oxygen atoms in total. The number of alkyl halides is 1. The van der Waals surface area contributed by atoms with Crippen molar-refractivity contribution in [2.45, 2.75) is 92.8 Å². The molecule has 0 saturated carbocycles. The van der Waals surface area contributed by atoms with Gasteiger partial charge in [0, 0.05) is 6.20 Å². The highest BCUT2D eigenvalue weighted by Crippen LogP contribution is 2.30. The largest absolute Gasteiger partial charge is 0.492 e. The monoisotopic (exact) mass is 545 g/mol. The molecular weight excluding hydrogens is 506 g/mol. The standard InChI is InChI=1S/C25H40ClN3O6S/c1-15(26)19(23-21(31)20(30)22(32)25(35-23)36-2)29-24(33)18-9-8-16(10-12-28-18)6-3-4-13-34-17-7-5-11-27-14-17/h5,7,11,14-16,18-23,25,28,30-32H,3-4,6,8-10,12-13H2,1-2H3,(H,29,33). The van der Waals surface area contributed by atoms with Crippen LogP contribution < -0.4 is 15.4 Å². The van der Waals surface area contributed by atoms with Crippen LogP contribution in [0.1, 0.15) is 45.4 Å². The highest BCUT2D eigenvalue weighted by atomic mass is 35.5. The van der Waals surface area contributed by atoms with Crippen LogP contribution in [0.3, 0.4) is 0 Å². The van der Waals surface area contributed by atoms with Crippen LogP contribution >= 0.6 is 23.4 Å². The molecule has 2 saturated heterocycles. The maximum Gasteiger partial charge on any atom is 0.237 e. The van der Waals surface area contributed by atoms with Crippen molar-refractivity contribution in [1.29, 1.82) is 0 Å². The van der Waals surface area contributed by atoms with Gasteiger partial charge in [-0.05, 0) is 69.9 Å². The molecule has 0 bridgehead atoms. The Kier molecular flexibility index (Phi) is 12.0. The number of carbonyl (C=O) groups is 1. The van der Waals surface area contributed by atoms with Crippen molar-refractivity contribution in [3.05, 3.63) is 24.5 Å². The number of aromatic nitrogens is 1. The van der Waals surface area contributed by atoms with Gasteiger partial charge in [0.05, 0.1) is 30.3 Å². The molecule has 0 radical (unpaired) electrons. The average molecular weight is 546 g/mol. The molecule has 204 valence electrons. The highest BCUT2D eigenvalue weighted by Gasteiger charge is 2.48. The zero-order chi connectivity index (χ0) is 26.1. The first-order chi connectivity index (χ1) is 17.3. The summed E-state index contributed by atoms with van der Waals surface area (Å²) in [4.78, 5) is 17.2. The van der Waals surface area contributed by atoms with E-state index in [1.165, 1.54) is 11.8 Å². The van der Waals surface area contributed by atoms with Crippen molar-refractivity contribution in [1.82, 2.24) is 15.6 Å². The van der Waals surface area contributed by atoms with Gasteiger partial charge >= 0.3 is 0 Å². The van der Waals surface area contributed by atoms with Gasteiger partial charge in [-0.1, -0.05) is 6.42 Å². The van der Waals surface area contributed by atoms with Gasteiger partial charge in [-0.3, -0.25) is 9.78 Å². The van der Waals surface area contributed by atoms with Gasteiger partial charge in [0.1, 0.15) is 35.6 Å². The number of aliphatic hydroxyl groups excluding tert-OH is 3. The summed E-state index contributed by atoms with van der Waals surface area (Å²) in [6.45, 7) is 3.12. The van der Waals surface area contributed by atoms with E-state index in [2.05, 4.69) is 15.6 Å². The Morgan fingerprint density at radius 3 is 2.78 bits per heavy atom. The minimum absolute atomic E-state index is 0.199. The summed E-state index contributed by atoms with van der Waals surface area (Å²) in [5.74, 6) is 1.13. The van der Waals surface area contributed by atoms with Gasteiger partial charge in [-0.15, -0.1) is 23.4 Å². The van der Waals surface area contributed by atoms with Crippen LogP contribution in [0.15, 0.2) is 24.5 Å². The second kappa shape index (κ2) is 14.7. The van der Waals surface area contributed by atoms with Gasteiger partial charge in [-0.2, -0.15) is 0 Å². The number of halogens is 1. The normalized spacial score (nSPS) is 32.8. The Hall–Kier alpha value is -1.14. The Labute approximate surface area is 222 Å². The number of hydrogen-bond acceptors (Lipinski definition) is 9. The number of unbranched alkanes of at least 4 members (excludes halogenated alkanes) is 1. The summed E-state index contributed by atoms with van der Waals surface area (Å²) in [5.41, 5.74) is -0.727. The molecular formula is C25H40ClN3O6S. The lowest BCUT2D eigenvalue weighted by molar-refractivity contribution is -0.205. The predicted molar refractivity (Wildman–Crippen MR) is 140 cm³/mol. The van der Waals surface area contributed by atoms with E-state index in [-0.39, 0.29) is 11.9 Å². The molecule has 5 N–H and O–H groups in total. The van der Waals surface area contributed by atoms with E-state index in [1.54, 1.807) is 25.6 Å². The number of aliphatic hydroxyl groups is 3. The van der Waals surface area contributed by atoms with Crippen LogP contribution in [-0.2, 0) is 9.53 Å². The first-order valence-electron chi connectivity index (χ1n) is 12.7. The minimum Gasteiger partial charge on any atom is -0.492 e. The number of hydrogen-bond donors (Lipinski definition) is 5. The van der Waals surface area contributed by atoms with Crippen LogP contribution in [0.5, 0.6) is 5.75 Å². The van der Waals surface area contributed by atoms with Gasteiger partial charge in [0.15, 0.2) is 0 Å². The second-order valence-electron chi connectivity index (χ2n) is 9.66. The maximum atomic E-state index is 13.1. The molecule has 1 amide bonds. The summed E-state index contributed by atoms with van der Waals surface area (Å²) in [7, 11) is 0. The zero-order valence-corrected chi connectivity index (χ0v) is 22.5. The fourth-order valence-electron chi connectivity index (χ4n) is 4.87. The molecule has 2 aliphatic rings. The molecule has 0 spiro atoms. The van der Waals surface area contributed by atoms with E-state index in [1.807, 2.05) is 12.1 Å². The van der Waals surface area contributed by atoms with Crippen molar-refractivity contribution < 1.29 is 29.6 Å². The number of amides is 1. The SMILES string of the molecule is CSC1OC(C(NC(=O)C2CCC(CCCCOc3cccnc3)CCN2)C(C)Cl)C(O)C(O)C1O. The lowest BCUT2D eigenvalue weighted by atomic mass is 9.92. The molecule has 9 unspecified atom stereocenters. The Bertz CT molecular complexity index is 792. The van der Waals surface area contributed by atoms with Gasteiger partial charge in [-0.25, -0.2) is 0 Å². The molecule has 2 aliphatic heterocycles. The summed E-state index contributed by atoms with van der Waals surface area (Å²) in [6.07, 6.45) is 6.03. The molecule has 36 heavy (non-hydrogen) atoms. The summed E-state index contributed by atoms with van der Waals surface area (Å²) in [5, 5.41) is 36.7. The molecule has 0 aromatic carbocycles. The number of nitrogens with zero attached hydrogens (tertiary/aromatic N) is 1. The second-order valence-corrected chi connectivity index (χ2v) is 11.3. The third kappa shape index (κ3) is 8.18. The van der Waals surface area contributed by atoms with Crippen LogP contribution in [0.2, 0.25) is 0 Å². The molecule has 0 aliphatic carbocycles. The van der Waals surface area contributed by atoms with E-state index < -0.39 is 41.3 Å². The first kappa shape index (κ1) is 29.4. The quantitative estimate of drug-likeness (QED) is 0.208. The van der Waals surface area contributed by atoms with E-state index in [9.17, 15) is 20.1 Å². The summed E-state index contributed by atoms with van der Waals surface area (Å²) < 4.78 is 11.6. The fourth-order valence-corrected chi connectivity index (χ4v) is 5.75. The van der Waals surface area contributed by atoms with E-state index in [0.717, 1.165) is 44.4 Å². The predicted octanol–water partition coefficient (Wildman–Crippen LogP) is 1.67. The topological polar surface area (TPSA) is 133 Å². The van der Waals surface area contributed by atoms with E-state index in [4.69, 9.17) is 21.1 Å². The van der Waals surface area contributed by atoms with Crippen LogP contribution in [-0.4, -0.2) is 92.9 Å². The maximum absolute atomic E-state index is 13.1. The molecule has 3 rings (SSSR count). The summed E-state index contributed by atoms with van der Waals surface area (Å²) in [6, 6.07) is 2.66. The molecule has 3 heterocycles. The smallest absolute Gasteiger partial charge is 0.237 e. The van der Waals surface area contributed by atoms with Crippen molar-refractivity contribution >= 4 is 29.3 Å². The average Bonchev–Trinajstić information content (AvgIpc) is 3.12. The molecule has 2 fully saturated rings. The molecule has 1 aromatic heterocycles. The first-order valence-corrected chi connectivity index (χ1v) is 14.5. The number of ether oxygens (including phenoxy) is 2. The van der Waals surface area contributed by atoms with Gasteiger partial charge < -0.3 is 35.4 Å². The Morgan fingerprint density at radius 2 is 2.08 bits per heavy atom. The number of carbonyl (C=O) groups excluding carboxylic acids is 1. The van der Waals surface area contributed by atoms with Crippen molar-refractivity contribution in [2.24, 2.45) is 5.92 Å². The van der Waals surface area contributed by atoms with Crippen LogP contribution in [0.25, 0.3) is 0 Å². The molecule has 11 heteroatoms. The van der Waals surface area contributed by atoms with Gasteiger partial charge in [0.25, 0.3) is 0 Å². The Morgan fingerprint density at radius 1 is 1.28 bits per heavy atom. The van der Waals surface area contributed by atoms with E-state index >= 15 is 0 Å². The van der Waals surface area contributed by atoms with Crippen molar-refractivity contribution in [2.75, 3.05) is 19.4 Å². The Balaban J connectivity index is 1.45. The third-order valence-corrected chi connectivity index (χ3v) is 8.16. The van der Waals surface area contributed by atoms with Crippen LogP contribution in [0.4, 0.5) is 0 Å². The number of pyridine rings is 1. The lowest BCUT2D eigenvalue weighted by Gasteiger charge is -2.44. The highest BCUT2D eigenvalue weighted by molar-refractivity contribution is 7.99. The third-order valence-electron chi connectivity index (χ3n) is 7.03. The van der Waals surface area contributed by atoms with Crippen LogP contribution in [0, 0.1) is 5.92 Å². The van der Waals surface area contributed by atoms with Crippen molar-refractivity contribution in [3.63, 3.8) is 0 Å². The molecule has 1 aromatic rings.